The van der Waals surface area contributed by atoms with E-state index in [4.69, 9.17) is 4.74 Å². The number of aryl methyl sites for hydroxylation is 1. The number of ether oxygens (including phenoxy) is 2. The highest BCUT2D eigenvalue weighted by atomic mass is 32.2. The molecule has 0 bridgehead atoms. The number of rotatable bonds is 7. The van der Waals surface area contributed by atoms with Crippen LogP contribution in [0.5, 0.6) is 0 Å². The summed E-state index contributed by atoms with van der Waals surface area (Å²) in [6, 6.07) is 4.16. The second kappa shape index (κ2) is 9.51. The van der Waals surface area contributed by atoms with Crippen LogP contribution in [-0.2, 0) is 29.1 Å². The van der Waals surface area contributed by atoms with E-state index in [0.717, 1.165) is 0 Å². The van der Waals surface area contributed by atoms with Crippen molar-refractivity contribution >= 4 is 27.6 Å². The largest absolute Gasteiger partial charge is 0.455 e. The number of hydrogen-bond donors (Lipinski definition) is 2. The maximum atomic E-state index is 12.8. The Morgan fingerprint density at radius 1 is 1.26 bits per heavy atom. The van der Waals surface area contributed by atoms with Gasteiger partial charge in [-0.2, -0.15) is 17.5 Å². The summed E-state index contributed by atoms with van der Waals surface area (Å²) in [7, 11) is -3.83. The van der Waals surface area contributed by atoms with E-state index in [2.05, 4.69) is 10.1 Å². The first-order chi connectivity index (χ1) is 14.2. The summed E-state index contributed by atoms with van der Waals surface area (Å²) in [6.45, 7) is 2.01. The molecule has 31 heavy (non-hydrogen) atoms. The van der Waals surface area contributed by atoms with Gasteiger partial charge in [0.2, 0.25) is 10.0 Å². The molecule has 1 heterocycles. The van der Waals surface area contributed by atoms with Crippen molar-refractivity contribution in [2.75, 3.05) is 38.2 Å². The zero-order valence-corrected chi connectivity index (χ0v) is 17.7. The fraction of sp³-hybridized carbons (Fsp3) is 0.556. The van der Waals surface area contributed by atoms with Gasteiger partial charge in [0.25, 0.3) is 5.91 Å². The maximum Gasteiger partial charge on any atom is 0.417 e. The number of carbonyl (C=O) groups excluding carboxylic acids is 2. The molecule has 13 heteroatoms. The van der Waals surface area contributed by atoms with E-state index in [1.807, 2.05) is 0 Å². The lowest BCUT2D eigenvalue weighted by Crippen LogP contribution is -2.44. The number of nitrogens with one attached hydrogen (secondary N) is 1. The molecule has 1 fully saturated rings. The number of sulfonamides is 1. The molecule has 1 aliphatic heterocycles. The van der Waals surface area contributed by atoms with Gasteiger partial charge in [-0.3, -0.25) is 9.59 Å². The van der Waals surface area contributed by atoms with E-state index in [1.165, 1.54) is 22.5 Å². The molecular weight excluding hydrogens is 445 g/mol. The van der Waals surface area contributed by atoms with E-state index >= 15 is 0 Å². The van der Waals surface area contributed by atoms with Crippen LogP contribution >= 0.6 is 0 Å². The average molecular weight is 468 g/mol. The quantitative estimate of drug-likeness (QED) is 0.577. The number of carbonyl (C=O) groups is 2. The van der Waals surface area contributed by atoms with Crippen molar-refractivity contribution in [3.8, 4) is 0 Å². The summed E-state index contributed by atoms with van der Waals surface area (Å²) < 4.78 is 74.3. The van der Waals surface area contributed by atoms with Gasteiger partial charge in [0.05, 0.1) is 24.5 Å². The molecule has 1 amide bonds. The van der Waals surface area contributed by atoms with Crippen LogP contribution < -0.4 is 5.32 Å². The van der Waals surface area contributed by atoms with Gasteiger partial charge in [0.1, 0.15) is 0 Å². The molecule has 0 spiro atoms. The van der Waals surface area contributed by atoms with Gasteiger partial charge < -0.3 is 19.9 Å². The van der Waals surface area contributed by atoms with Gasteiger partial charge in [0.15, 0.2) is 12.2 Å². The Balaban J connectivity index is 2.01. The Kier molecular flexibility index (Phi) is 7.68. The third-order valence-corrected chi connectivity index (χ3v) is 6.56. The number of nitrogens with zero attached hydrogens (tertiary/aromatic N) is 1. The number of aliphatic hydroxyl groups is 1. The van der Waals surface area contributed by atoms with Gasteiger partial charge in [-0.25, -0.2) is 8.42 Å². The highest BCUT2D eigenvalue weighted by Gasteiger charge is 2.51. The Morgan fingerprint density at radius 2 is 1.87 bits per heavy atom. The minimum absolute atomic E-state index is 0.0228. The summed E-state index contributed by atoms with van der Waals surface area (Å²) in [5, 5.41) is 11.6. The molecule has 0 aromatic heterocycles. The first kappa shape index (κ1) is 25.0. The molecule has 0 unspecified atom stereocenters. The van der Waals surface area contributed by atoms with Crippen LogP contribution in [0.3, 0.4) is 0 Å². The summed E-state index contributed by atoms with van der Waals surface area (Å²) >= 11 is 0. The number of esters is 1. The Morgan fingerprint density at radius 3 is 2.45 bits per heavy atom. The minimum atomic E-state index is -5.04. The van der Waals surface area contributed by atoms with Crippen molar-refractivity contribution in [3.63, 3.8) is 0 Å². The molecule has 0 radical (unpaired) electrons. The maximum absolute atomic E-state index is 12.8. The van der Waals surface area contributed by atoms with Gasteiger partial charge in [-0.1, -0.05) is 6.07 Å². The molecule has 1 aromatic carbocycles. The second-order valence-corrected chi connectivity index (χ2v) is 9.06. The lowest BCUT2D eigenvalue weighted by molar-refractivity contribution is -0.255. The second-order valence-electron chi connectivity index (χ2n) is 7.15. The average Bonchev–Trinajstić information content (AvgIpc) is 2.67. The van der Waals surface area contributed by atoms with E-state index in [9.17, 15) is 36.3 Å². The van der Waals surface area contributed by atoms with Crippen LogP contribution in [0, 0.1) is 6.92 Å². The number of morpholine rings is 1. The SMILES string of the molecule is Cc1ccc(NC(=O)COC(=O)C[C@@](C)(O)C(F)(F)F)cc1S(=O)(=O)N1CCOCC1. The zero-order valence-electron chi connectivity index (χ0n) is 16.9. The summed E-state index contributed by atoms with van der Waals surface area (Å²) in [5.74, 6) is -2.31. The number of hydrogen-bond acceptors (Lipinski definition) is 7. The standard InChI is InChI=1S/C18H23F3N2O7S/c1-12-3-4-13(9-14(12)31(27,28)23-5-7-29-8-6-23)22-15(24)11-30-16(25)10-17(2,26)18(19,20)21/h3-4,9,26H,5-8,10-11H2,1-2H3,(H,22,24)/t17-/m1/s1. The number of alkyl halides is 3. The highest BCUT2D eigenvalue weighted by Crippen LogP contribution is 2.32. The van der Waals surface area contributed by atoms with Gasteiger partial charge >= 0.3 is 12.1 Å². The molecule has 174 valence electrons. The van der Waals surface area contributed by atoms with Crippen molar-refractivity contribution in [1.29, 1.82) is 0 Å². The summed E-state index contributed by atoms with van der Waals surface area (Å²) in [4.78, 5) is 23.5. The van der Waals surface area contributed by atoms with E-state index in [0.29, 0.717) is 12.5 Å². The van der Waals surface area contributed by atoms with Gasteiger partial charge in [-0.15, -0.1) is 0 Å². The first-order valence-corrected chi connectivity index (χ1v) is 10.6. The molecule has 2 N–H and O–H groups in total. The van der Waals surface area contributed by atoms with Gasteiger partial charge in [-0.05, 0) is 31.5 Å². The van der Waals surface area contributed by atoms with Gasteiger partial charge in [0, 0.05) is 18.8 Å². The van der Waals surface area contributed by atoms with Crippen molar-refractivity contribution in [3.05, 3.63) is 23.8 Å². The predicted molar refractivity (Wildman–Crippen MR) is 102 cm³/mol. The lowest BCUT2D eigenvalue weighted by Gasteiger charge is -2.26. The predicted octanol–water partition coefficient (Wildman–Crippen LogP) is 1.20. The third-order valence-electron chi connectivity index (χ3n) is 4.52. The molecule has 1 aliphatic rings. The van der Waals surface area contributed by atoms with Crippen LogP contribution in [0.4, 0.5) is 18.9 Å². The molecule has 1 atom stereocenters. The highest BCUT2D eigenvalue weighted by molar-refractivity contribution is 7.89. The van der Waals surface area contributed by atoms with Crippen LogP contribution in [0.2, 0.25) is 0 Å². The van der Waals surface area contributed by atoms with Crippen LogP contribution in [0.1, 0.15) is 18.9 Å². The van der Waals surface area contributed by atoms with E-state index < -0.39 is 46.7 Å². The minimum Gasteiger partial charge on any atom is -0.455 e. The van der Waals surface area contributed by atoms with Crippen molar-refractivity contribution in [2.45, 2.75) is 36.9 Å². The Bertz CT molecular complexity index is 927. The first-order valence-electron chi connectivity index (χ1n) is 9.17. The normalized spacial score (nSPS) is 17.6. The topological polar surface area (TPSA) is 122 Å². The van der Waals surface area contributed by atoms with E-state index in [-0.39, 0.29) is 36.9 Å². The number of halogens is 3. The van der Waals surface area contributed by atoms with Crippen molar-refractivity contribution in [1.82, 2.24) is 4.31 Å². The molecule has 0 saturated carbocycles. The number of amides is 1. The van der Waals surface area contributed by atoms with Crippen LogP contribution in [-0.4, -0.2) is 74.4 Å². The van der Waals surface area contributed by atoms with Crippen molar-refractivity contribution < 1.29 is 45.8 Å². The summed E-state index contributed by atoms with van der Waals surface area (Å²) in [5.41, 5.74) is -2.74. The van der Waals surface area contributed by atoms with E-state index in [1.54, 1.807) is 6.92 Å². The molecule has 0 aliphatic carbocycles. The monoisotopic (exact) mass is 468 g/mol. The molecule has 9 nitrogen and oxygen atoms in total. The molecule has 1 saturated heterocycles. The third kappa shape index (κ3) is 6.38. The Labute approximate surface area is 177 Å². The summed E-state index contributed by atoms with van der Waals surface area (Å²) in [6.07, 6.45) is -6.42. The molecule has 1 aromatic rings. The number of anilines is 1. The lowest BCUT2D eigenvalue weighted by atomic mass is 10.0. The zero-order chi connectivity index (χ0) is 23.4. The smallest absolute Gasteiger partial charge is 0.417 e. The van der Waals surface area contributed by atoms with Crippen LogP contribution in [0.25, 0.3) is 0 Å². The molecule has 2 rings (SSSR count). The van der Waals surface area contributed by atoms with Crippen LogP contribution in [0.15, 0.2) is 23.1 Å². The fourth-order valence-corrected chi connectivity index (χ4v) is 4.32. The number of benzene rings is 1. The van der Waals surface area contributed by atoms with Crippen molar-refractivity contribution in [2.24, 2.45) is 0 Å². The fourth-order valence-electron chi connectivity index (χ4n) is 2.66. The Hall–Kier alpha value is -2.22. The molecular formula is C18H23F3N2O7S.